The maximum atomic E-state index is 13.5. The van der Waals surface area contributed by atoms with Crippen LogP contribution in [0.3, 0.4) is 0 Å². The Bertz CT molecular complexity index is 317. The van der Waals surface area contributed by atoms with E-state index in [9.17, 15) is 4.39 Å². The first kappa shape index (κ1) is 11.5. The summed E-state index contributed by atoms with van der Waals surface area (Å²) in [6.07, 6.45) is 1.57. The van der Waals surface area contributed by atoms with Crippen LogP contribution in [-0.2, 0) is 6.42 Å². The molecule has 0 atom stereocenters. The highest BCUT2D eigenvalue weighted by atomic mass is 79.9. The Hall–Kier alpha value is -0.610. The van der Waals surface area contributed by atoms with Crippen LogP contribution in [0.5, 0.6) is 5.75 Å². The fourth-order valence-electron chi connectivity index (χ4n) is 1.28. The Kier molecular flexibility index (Phi) is 4.35. The Morgan fingerprint density at radius 1 is 1.50 bits per heavy atom. The molecule has 0 spiro atoms. The van der Waals surface area contributed by atoms with Crippen molar-refractivity contribution in [2.24, 2.45) is 5.73 Å². The van der Waals surface area contributed by atoms with Gasteiger partial charge in [0.05, 0.1) is 11.6 Å². The second-order valence-corrected chi connectivity index (χ2v) is 3.80. The fourth-order valence-corrected chi connectivity index (χ4v) is 1.59. The van der Waals surface area contributed by atoms with Crippen molar-refractivity contribution in [3.63, 3.8) is 0 Å². The Labute approximate surface area is 91.4 Å². The molecule has 4 heteroatoms. The normalized spacial score (nSPS) is 10.3. The molecule has 1 aromatic carbocycles. The van der Waals surface area contributed by atoms with Gasteiger partial charge in [-0.2, -0.15) is 0 Å². The lowest BCUT2D eigenvalue weighted by atomic mass is 10.1. The summed E-state index contributed by atoms with van der Waals surface area (Å²) in [6, 6.07) is 3.53. The fraction of sp³-hybridized carbons (Fsp3) is 0.400. The van der Waals surface area contributed by atoms with Crippen molar-refractivity contribution in [3.05, 3.63) is 28.0 Å². The van der Waals surface area contributed by atoms with Crippen molar-refractivity contribution in [1.29, 1.82) is 0 Å². The van der Waals surface area contributed by atoms with Crippen molar-refractivity contribution in [2.45, 2.75) is 12.8 Å². The molecular formula is C10H13BrFNO. The molecule has 0 heterocycles. The zero-order valence-electron chi connectivity index (χ0n) is 8.02. The third-order valence-electron chi connectivity index (χ3n) is 1.99. The maximum absolute atomic E-state index is 13.5. The van der Waals surface area contributed by atoms with E-state index < -0.39 is 0 Å². The average molecular weight is 262 g/mol. The number of hydrogen-bond donors (Lipinski definition) is 1. The van der Waals surface area contributed by atoms with Gasteiger partial charge in [0.15, 0.2) is 11.6 Å². The molecule has 0 bridgehead atoms. The lowest BCUT2D eigenvalue weighted by Crippen LogP contribution is -2.02. The van der Waals surface area contributed by atoms with Crippen LogP contribution in [0.25, 0.3) is 0 Å². The lowest BCUT2D eigenvalue weighted by molar-refractivity contribution is 0.380. The quantitative estimate of drug-likeness (QED) is 0.904. The van der Waals surface area contributed by atoms with Crippen LogP contribution in [0.15, 0.2) is 16.6 Å². The van der Waals surface area contributed by atoms with E-state index >= 15 is 0 Å². The second kappa shape index (κ2) is 5.32. The maximum Gasteiger partial charge on any atom is 0.179 e. The number of benzene rings is 1. The monoisotopic (exact) mass is 261 g/mol. The summed E-state index contributed by atoms with van der Waals surface area (Å²) < 4.78 is 18.9. The molecule has 0 aliphatic rings. The Morgan fingerprint density at radius 3 is 2.79 bits per heavy atom. The van der Waals surface area contributed by atoms with E-state index in [0.717, 1.165) is 18.4 Å². The minimum Gasteiger partial charge on any atom is -0.493 e. The molecule has 1 rings (SSSR count). The van der Waals surface area contributed by atoms with Gasteiger partial charge >= 0.3 is 0 Å². The molecule has 0 unspecified atom stereocenters. The number of ether oxygens (including phenoxy) is 1. The topological polar surface area (TPSA) is 35.2 Å². The highest BCUT2D eigenvalue weighted by Crippen LogP contribution is 2.29. The van der Waals surface area contributed by atoms with Gasteiger partial charge in [-0.1, -0.05) is 6.07 Å². The molecule has 0 aliphatic heterocycles. The van der Waals surface area contributed by atoms with Crippen molar-refractivity contribution in [1.82, 2.24) is 0 Å². The van der Waals surface area contributed by atoms with Gasteiger partial charge < -0.3 is 10.5 Å². The van der Waals surface area contributed by atoms with Crippen molar-refractivity contribution >= 4 is 15.9 Å². The van der Waals surface area contributed by atoms with Gasteiger partial charge in [-0.05, 0) is 46.9 Å². The molecular weight excluding hydrogens is 249 g/mol. The highest BCUT2D eigenvalue weighted by molar-refractivity contribution is 9.10. The van der Waals surface area contributed by atoms with Crippen LogP contribution in [0.2, 0.25) is 0 Å². The van der Waals surface area contributed by atoms with Crippen LogP contribution in [0, 0.1) is 5.82 Å². The van der Waals surface area contributed by atoms with E-state index in [0.29, 0.717) is 16.8 Å². The third kappa shape index (κ3) is 2.45. The van der Waals surface area contributed by atoms with E-state index in [1.165, 1.54) is 7.11 Å². The van der Waals surface area contributed by atoms with Gasteiger partial charge in [0.25, 0.3) is 0 Å². The summed E-state index contributed by atoms with van der Waals surface area (Å²) in [5.74, 6) is -0.0325. The summed E-state index contributed by atoms with van der Waals surface area (Å²) in [4.78, 5) is 0. The minimum absolute atomic E-state index is 0.313. The molecule has 14 heavy (non-hydrogen) atoms. The van der Waals surface area contributed by atoms with Crippen molar-refractivity contribution in [3.8, 4) is 5.75 Å². The predicted molar refractivity (Wildman–Crippen MR) is 58.0 cm³/mol. The second-order valence-electron chi connectivity index (χ2n) is 2.95. The molecule has 2 nitrogen and oxygen atoms in total. The van der Waals surface area contributed by atoms with Gasteiger partial charge in [0, 0.05) is 0 Å². The summed E-state index contributed by atoms with van der Waals surface area (Å²) in [5.41, 5.74) is 6.25. The summed E-state index contributed by atoms with van der Waals surface area (Å²) in [5, 5.41) is 0. The van der Waals surface area contributed by atoms with Gasteiger partial charge in [-0.25, -0.2) is 4.39 Å². The van der Waals surface area contributed by atoms with E-state index in [4.69, 9.17) is 10.5 Å². The zero-order valence-corrected chi connectivity index (χ0v) is 9.60. The van der Waals surface area contributed by atoms with Crippen LogP contribution >= 0.6 is 15.9 Å². The van der Waals surface area contributed by atoms with Gasteiger partial charge in [-0.15, -0.1) is 0 Å². The predicted octanol–water partition coefficient (Wildman–Crippen LogP) is 2.49. The molecule has 0 radical (unpaired) electrons. The Morgan fingerprint density at radius 2 is 2.21 bits per heavy atom. The number of nitrogens with two attached hydrogens (primary N) is 1. The van der Waals surface area contributed by atoms with Crippen LogP contribution in [0.1, 0.15) is 12.0 Å². The molecule has 0 aromatic heterocycles. The molecule has 78 valence electrons. The lowest BCUT2D eigenvalue weighted by Gasteiger charge is -2.09. The molecule has 0 aliphatic carbocycles. The molecule has 0 saturated heterocycles. The molecule has 1 aromatic rings. The summed E-state index contributed by atoms with van der Waals surface area (Å²) in [7, 11) is 1.47. The largest absolute Gasteiger partial charge is 0.493 e. The van der Waals surface area contributed by atoms with Gasteiger partial charge in [0.2, 0.25) is 0 Å². The van der Waals surface area contributed by atoms with Crippen LogP contribution < -0.4 is 10.5 Å². The standard InChI is InChI=1S/C10H13BrFNO/c1-14-10-7(3-2-6-13)4-5-8(11)9(10)12/h4-5H,2-3,6,13H2,1H3. The zero-order chi connectivity index (χ0) is 10.6. The number of aryl methyl sites for hydroxylation is 1. The first-order valence-corrected chi connectivity index (χ1v) is 5.21. The highest BCUT2D eigenvalue weighted by Gasteiger charge is 2.11. The smallest absolute Gasteiger partial charge is 0.179 e. The molecule has 0 fully saturated rings. The van der Waals surface area contributed by atoms with Crippen LogP contribution in [-0.4, -0.2) is 13.7 Å². The van der Waals surface area contributed by atoms with Crippen molar-refractivity contribution in [2.75, 3.05) is 13.7 Å². The average Bonchev–Trinajstić information content (AvgIpc) is 2.20. The number of hydrogen-bond acceptors (Lipinski definition) is 2. The SMILES string of the molecule is COc1c(CCCN)ccc(Br)c1F. The van der Waals surface area contributed by atoms with Gasteiger partial charge in [-0.3, -0.25) is 0 Å². The van der Waals surface area contributed by atoms with E-state index in [-0.39, 0.29) is 5.82 Å². The minimum atomic E-state index is -0.345. The van der Waals surface area contributed by atoms with E-state index in [1.807, 2.05) is 6.07 Å². The van der Waals surface area contributed by atoms with E-state index in [1.54, 1.807) is 6.07 Å². The summed E-state index contributed by atoms with van der Waals surface area (Å²) in [6.45, 7) is 0.598. The van der Waals surface area contributed by atoms with Crippen molar-refractivity contribution < 1.29 is 9.13 Å². The number of rotatable bonds is 4. The van der Waals surface area contributed by atoms with Gasteiger partial charge in [0.1, 0.15) is 0 Å². The molecule has 2 N–H and O–H groups in total. The van der Waals surface area contributed by atoms with Crippen LogP contribution in [0.4, 0.5) is 4.39 Å². The third-order valence-corrected chi connectivity index (χ3v) is 2.60. The number of halogens is 2. The molecule has 0 saturated carbocycles. The summed E-state index contributed by atoms with van der Waals surface area (Å²) >= 11 is 3.11. The number of methoxy groups -OCH3 is 1. The first-order chi connectivity index (χ1) is 6.70. The van der Waals surface area contributed by atoms with E-state index in [2.05, 4.69) is 15.9 Å². The molecule has 0 amide bonds. The Balaban J connectivity index is 2.98. The first-order valence-electron chi connectivity index (χ1n) is 4.41.